The van der Waals surface area contributed by atoms with E-state index in [1.54, 1.807) is 11.8 Å². The maximum atomic E-state index is 12.5. The Labute approximate surface area is 170 Å². The second-order valence-electron chi connectivity index (χ2n) is 6.92. The number of hydrogen-bond acceptors (Lipinski definition) is 4. The zero-order chi connectivity index (χ0) is 20.1. The highest BCUT2D eigenvalue weighted by atomic mass is 32.2. The van der Waals surface area contributed by atoms with Gasteiger partial charge in [-0.3, -0.25) is 4.79 Å². The van der Waals surface area contributed by atoms with Crippen LogP contribution in [0.1, 0.15) is 52.8 Å². The Kier molecular flexibility index (Phi) is 6.52. The van der Waals surface area contributed by atoms with Gasteiger partial charge in [-0.15, -0.1) is 10.2 Å². The smallest absolute Gasteiger partial charge is 0.251 e. The molecule has 2 aromatic carbocycles. The maximum Gasteiger partial charge on any atom is 0.251 e. The number of benzene rings is 2. The fraction of sp³-hybridized carbons (Fsp3) is 0.318. The topological polar surface area (TPSA) is 59.8 Å². The van der Waals surface area contributed by atoms with Gasteiger partial charge in [-0.05, 0) is 45.4 Å². The Balaban J connectivity index is 1.68. The minimum absolute atomic E-state index is 0.105. The van der Waals surface area contributed by atoms with Crippen molar-refractivity contribution in [3.05, 3.63) is 76.6 Å². The van der Waals surface area contributed by atoms with Gasteiger partial charge in [0.25, 0.3) is 5.91 Å². The Bertz CT molecular complexity index is 932. The molecule has 0 spiro atoms. The second-order valence-corrected chi connectivity index (χ2v) is 7.86. The highest BCUT2D eigenvalue weighted by Crippen LogP contribution is 2.24. The SMILES string of the molecule is CCn1c(SCc2ccc(C)cc2)nnc1[C@H](C)NC(=O)c1ccc(C)cc1. The van der Waals surface area contributed by atoms with Gasteiger partial charge in [0, 0.05) is 17.9 Å². The summed E-state index contributed by atoms with van der Waals surface area (Å²) in [4.78, 5) is 12.5. The molecule has 0 unspecified atom stereocenters. The third-order valence-corrected chi connectivity index (χ3v) is 5.64. The molecule has 0 saturated carbocycles. The Morgan fingerprint density at radius 2 is 1.64 bits per heavy atom. The number of hydrogen-bond donors (Lipinski definition) is 1. The van der Waals surface area contributed by atoms with Crippen molar-refractivity contribution in [1.82, 2.24) is 20.1 Å². The molecule has 1 N–H and O–H groups in total. The van der Waals surface area contributed by atoms with E-state index in [9.17, 15) is 4.79 Å². The predicted molar refractivity (Wildman–Crippen MR) is 113 cm³/mol. The van der Waals surface area contributed by atoms with Crippen LogP contribution in [0.3, 0.4) is 0 Å². The third kappa shape index (κ3) is 4.81. The van der Waals surface area contributed by atoms with Crippen LogP contribution in [0.15, 0.2) is 53.7 Å². The lowest BCUT2D eigenvalue weighted by Crippen LogP contribution is -2.28. The van der Waals surface area contributed by atoms with Gasteiger partial charge in [0.05, 0.1) is 6.04 Å². The van der Waals surface area contributed by atoms with Gasteiger partial charge in [-0.25, -0.2) is 0 Å². The van der Waals surface area contributed by atoms with Crippen molar-refractivity contribution in [3.8, 4) is 0 Å². The molecule has 0 saturated heterocycles. The summed E-state index contributed by atoms with van der Waals surface area (Å²) in [6, 6.07) is 15.8. The van der Waals surface area contributed by atoms with E-state index in [2.05, 4.69) is 58.2 Å². The van der Waals surface area contributed by atoms with Crippen LogP contribution in [-0.2, 0) is 12.3 Å². The molecule has 6 heteroatoms. The van der Waals surface area contributed by atoms with E-state index < -0.39 is 0 Å². The maximum absolute atomic E-state index is 12.5. The molecule has 3 rings (SSSR count). The molecule has 1 atom stereocenters. The van der Waals surface area contributed by atoms with Crippen molar-refractivity contribution in [2.24, 2.45) is 0 Å². The van der Waals surface area contributed by atoms with Crippen LogP contribution in [0.4, 0.5) is 0 Å². The lowest BCUT2D eigenvalue weighted by Gasteiger charge is -2.15. The van der Waals surface area contributed by atoms with Gasteiger partial charge in [-0.2, -0.15) is 0 Å². The number of rotatable bonds is 7. The largest absolute Gasteiger partial charge is 0.342 e. The minimum Gasteiger partial charge on any atom is -0.342 e. The zero-order valence-corrected chi connectivity index (χ0v) is 17.6. The molecule has 1 heterocycles. The molecular weight excluding hydrogens is 368 g/mol. The average Bonchev–Trinajstić information content (AvgIpc) is 3.11. The van der Waals surface area contributed by atoms with E-state index in [0.717, 1.165) is 28.8 Å². The van der Waals surface area contributed by atoms with E-state index >= 15 is 0 Å². The summed E-state index contributed by atoms with van der Waals surface area (Å²) in [5, 5.41) is 12.6. The van der Waals surface area contributed by atoms with Crippen LogP contribution >= 0.6 is 11.8 Å². The number of thioether (sulfide) groups is 1. The first kappa shape index (κ1) is 20.1. The Morgan fingerprint density at radius 1 is 1.04 bits per heavy atom. The molecule has 0 bridgehead atoms. The van der Waals surface area contributed by atoms with Crippen LogP contribution in [0.2, 0.25) is 0 Å². The summed E-state index contributed by atoms with van der Waals surface area (Å²) in [6.07, 6.45) is 0. The lowest BCUT2D eigenvalue weighted by molar-refractivity contribution is 0.0937. The quantitative estimate of drug-likeness (QED) is 0.590. The van der Waals surface area contributed by atoms with Crippen molar-refractivity contribution in [1.29, 1.82) is 0 Å². The molecule has 3 aromatic rings. The van der Waals surface area contributed by atoms with E-state index in [1.165, 1.54) is 11.1 Å². The standard InChI is InChI=1S/C22H26N4OS/c1-5-26-20(17(4)23-21(27)19-12-8-16(3)9-13-19)24-25-22(26)28-14-18-10-6-15(2)7-11-18/h6-13,17H,5,14H2,1-4H3,(H,23,27)/t17-/m0/s1. The number of nitrogens with one attached hydrogen (secondary N) is 1. The van der Waals surface area contributed by atoms with Gasteiger partial charge in [0.1, 0.15) is 0 Å². The molecule has 146 valence electrons. The molecule has 0 radical (unpaired) electrons. The highest BCUT2D eigenvalue weighted by molar-refractivity contribution is 7.98. The van der Waals surface area contributed by atoms with Gasteiger partial charge in [0.15, 0.2) is 11.0 Å². The van der Waals surface area contributed by atoms with Gasteiger partial charge in [-0.1, -0.05) is 59.3 Å². The Morgan fingerprint density at radius 3 is 2.25 bits per heavy atom. The number of amides is 1. The van der Waals surface area contributed by atoms with Crippen LogP contribution < -0.4 is 5.32 Å². The van der Waals surface area contributed by atoms with Gasteiger partial charge >= 0.3 is 0 Å². The number of carbonyl (C=O) groups is 1. The Hall–Kier alpha value is -2.60. The number of carbonyl (C=O) groups excluding carboxylic acids is 1. The van der Waals surface area contributed by atoms with E-state index in [4.69, 9.17) is 0 Å². The fourth-order valence-corrected chi connectivity index (χ4v) is 3.87. The first-order valence-electron chi connectivity index (χ1n) is 9.47. The number of nitrogens with zero attached hydrogens (tertiary/aromatic N) is 3. The monoisotopic (exact) mass is 394 g/mol. The summed E-state index contributed by atoms with van der Waals surface area (Å²) in [7, 11) is 0. The molecular formula is C22H26N4OS. The summed E-state index contributed by atoms with van der Waals surface area (Å²) in [6.45, 7) is 8.85. The van der Waals surface area contributed by atoms with Crippen molar-refractivity contribution in [2.75, 3.05) is 0 Å². The molecule has 28 heavy (non-hydrogen) atoms. The molecule has 1 aromatic heterocycles. The third-order valence-electron chi connectivity index (χ3n) is 4.60. The zero-order valence-electron chi connectivity index (χ0n) is 16.8. The van der Waals surface area contributed by atoms with E-state index in [0.29, 0.717) is 5.56 Å². The molecule has 0 aliphatic carbocycles. The highest BCUT2D eigenvalue weighted by Gasteiger charge is 2.19. The average molecular weight is 395 g/mol. The number of aryl methyl sites for hydroxylation is 2. The first-order chi connectivity index (χ1) is 13.5. The molecule has 0 aliphatic rings. The molecule has 0 fully saturated rings. The van der Waals surface area contributed by atoms with Crippen molar-refractivity contribution in [3.63, 3.8) is 0 Å². The van der Waals surface area contributed by atoms with Crippen LogP contribution in [0.5, 0.6) is 0 Å². The lowest BCUT2D eigenvalue weighted by atomic mass is 10.1. The first-order valence-corrected chi connectivity index (χ1v) is 10.5. The van der Waals surface area contributed by atoms with E-state index in [1.807, 2.05) is 38.1 Å². The van der Waals surface area contributed by atoms with Gasteiger partial charge in [0.2, 0.25) is 0 Å². The molecule has 5 nitrogen and oxygen atoms in total. The van der Waals surface area contributed by atoms with Crippen molar-refractivity contribution >= 4 is 17.7 Å². The van der Waals surface area contributed by atoms with Crippen LogP contribution in [0.25, 0.3) is 0 Å². The molecule has 1 amide bonds. The normalized spacial score (nSPS) is 12.0. The fourth-order valence-electron chi connectivity index (χ4n) is 2.91. The summed E-state index contributed by atoms with van der Waals surface area (Å²) >= 11 is 1.66. The van der Waals surface area contributed by atoms with Crippen LogP contribution in [0, 0.1) is 13.8 Å². The van der Waals surface area contributed by atoms with Crippen molar-refractivity contribution < 1.29 is 4.79 Å². The number of aromatic nitrogens is 3. The molecule has 0 aliphatic heterocycles. The van der Waals surface area contributed by atoms with E-state index in [-0.39, 0.29) is 11.9 Å². The summed E-state index contributed by atoms with van der Waals surface area (Å²) in [5.74, 6) is 1.50. The van der Waals surface area contributed by atoms with Crippen LogP contribution in [-0.4, -0.2) is 20.7 Å². The second kappa shape index (κ2) is 9.06. The summed E-state index contributed by atoms with van der Waals surface area (Å²) < 4.78 is 2.07. The summed E-state index contributed by atoms with van der Waals surface area (Å²) in [5.41, 5.74) is 4.29. The predicted octanol–water partition coefficient (Wildman–Crippen LogP) is 4.70. The minimum atomic E-state index is -0.227. The van der Waals surface area contributed by atoms with Gasteiger partial charge < -0.3 is 9.88 Å². The van der Waals surface area contributed by atoms with Crippen molar-refractivity contribution in [2.45, 2.75) is 51.2 Å².